The molecule has 0 aromatic heterocycles. The molecule has 0 aliphatic carbocycles. The number of rotatable bonds is 6. The van der Waals surface area contributed by atoms with Crippen molar-refractivity contribution < 1.29 is 22.7 Å². The fourth-order valence-corrected chi connectivity index (χ4v) is 3.92. The van der Waals surface area contributed by atoms with Gasteiger partial charge in [0.2, 0.25) is 5.91 Å². The Morgan fingerprint density at radius 2 is 1.92 bits per heavy atom. The first-order valence-electron chi connectivity index (χ1n) is 12.9. The van der Waals surface area contributed by atoms with Crippen molar-refractivity contribution in [3.05, 3.63) is 41.5 Å². The zero-order chi connectivity index (χ0) is 28.6. The number of alkyl halides is 3. The first-order chi connectivity index (χ1) is 18.5. The van der Waals surface area contributed by atoms with Crippen LogP contribution in [0.5, 0.6) is 0 Å². The molecule has 2 aliphatic heterocycles. The number of carbonyl (C=O) groups excluding carboxylic acids is 1. The Morgan fingerprint density at radius 1 is 1.21 bits per heavy atom. The van der Waals surface area contributed by atoms with Gasteiger partial charge in [0.15, 0.2) is 5.71 Å². The lowest BCUT2D eigenvalue weighted by Crippen LogP contribution is -2.48. The van der Waals surface area contributed by atoms with Crippen LogP contribution in [0.3, 0.4) is 0 Å². The van der Waals surface area contributed by atoms with Crippen LogP contribution in [0.4, 0.5) is 18.9 Å². The van der Waals surface area contributed by atoms with Gasteiger partial charge in [-0.1, -0.05) is 19.9 Å². The highest BCUT2D eigenvalue weighted by Crippen LogP contribution is 2.32. The number of nitrogens with one attached hydrogen (secondary N) is 3. The summed E-state index contributed by atoms with van der Waals surface area (Å²) in [4.78, 5) is 24.4. The largest absolute Gasteiger partial charge is 0.416 e. The third-order valence-electron chi connectivity index (χ3n) is 5.91. The van der Waals surface area contributed by atoms with Crippen LogP contribution in [0, 0.1) is 11.8 Å². The van der Waals surface area contributed by atoms with Crippen molar-refractivity contribution >= 4 is 35.3 Å². The van der Waals surface area contributed by atoms with E-state index in [2.05, 4.69) is 35.5 Å². The third kappa shape index (κ3) is 8.77. The molecule has 0 spiro atoms. The highest BCUT2D eigenvalue weighted by Gasteiger charge is 2.33. The number of benzene rings is 1. The molecule has 1 amide bonds. The Kier molecular flexibility index (Phi) is 10.4. The maximum absolute atomic E-state index is 13.3. The zero-order valence-corrected chi connectivity index (χ0v) is 23.0. The minimum absolute atomic E-state index is 0.133. The number of aliphatic imine (C=N–C) groups is 2. The summed E-state index contributed by atoms with van der Waals surface area (Å²) in [6.07, 6.45) is 0.694. The second-order valence-corrected chi connectivity index (χ2v) is 9.88. The molecule has 39 heavy (non-hydrogen) atoms. The van der Waals surface area contributed by atoms with E-state index in [9.17, 15) is 18.0 Å². The molecule has 0 radical (unpaired) electrons. The molecule has 212 valence electrons. The van der Waals surface area contributed by atoms with E-state index in [-0.39, 0.29) is 35.5 Å². The summed E-state index contributed by atoms with van der Waals surface area (Å²) < 4.78 is 49.8. The predicted molar refractivity (Wildman–Crippen MR) is 149 cm³/mol. The molecule has 1 saturated heterocycles. The Labute approximate surface area is 227 Å². The maximum atomic E-state index is 13.3. The van der Waals surface area contributed by atoms with E-state index in [1.165, 1.54) is 13.1 Å². The van der Waals surface area contributed by atoms with Crippen LogP contribution in [0.1, 0.15) is 38.8 Å². The number of anilines is 1. The maximum Gasteiger partial charge on any atom is 0.416 e. The van der Waals surface area contributed by atoms with Gasteiger partial charge in [-0.05, 0) is 30.2 Å². The SMILES string of the molecule is CNc1cc(C(F)(F)F)ccc1C(=[N+]=C(C)C)NC(=NCC(C)C)NC(=O)C1C=CC(N2CCOCC2)N=C1. The highest BCUT2D eigenvalue weighted by molar-refractivity contribution is 6.16. The lowest BCUT2D eigenvalue weighted by molar-refractivity contribution is -0.137. The molecule has 9 nitrogen and oxygen atoms in total. The van der Waals surface area contributed by atoms with Crippen LogP contribution in [-0.4, -0.2) is 80.6 Å². The minimum atomic E-state index is -4.49. The molecular formula is C27H37F3N7O2+. The van der Waals surface area contributed by atoms with E-state index < -0.39 is 17.7 Å². The van der Waals surface area contributed by atoms with E-state index in [1.807, 2.05) is 19.9 Å². The molecule has 1 aromatic carbocycles. The van der Waals surface area contributed by atoms with Gasteiger partial charge in [0, 0.05) is 46.7 Å². The number of guanidine groups is 1. The van der Waals surface area contributed by atoms with Crippen molar-refractivity contribution in [2.75, 3.05) is 45.2 Å². The number of hydrogen-bond acceptors (Lipinski definition) is 6. The van der Waals surface area contributed by atoms with Crippen molar-refractivity contribution in [3.8, 4) is 0 Å². The standard InChI is InChI=1S/C27H36F3N7O2/c1-17(2)15-33-26(36-25(38)19-6-9-23(32-16-19)37-10-12-39-13-11-37)35-24(34-18(3)4)21-8-7-20(27(28,29)30)14-22(21)31-5/h6-9,14,16-17,19,23H,10-13,15H2,1-5H3,(H2,31,33,35,36,38)/p+1. The Balaban J connectivity index is 1.84. The number of halogens is 3. The van der Waals surface area contributed by atoms with Gasteiger partial charge >= 0.3 is 12.0 Å². The average molecular weight is 549 g/mol. The molecule has 3 N–H and O–H groups in total. The highest BCUT2D eigenvalue weighted by atomic mass is 19.4. The Hall–Kier alpha value is -3.47. The van der Waals surface area contributed by atoms with Crippen molar-refractivity contribution in [3.63, 3.8) is 0 Å². The lowest BCUT2D eigenvalue weighted by Gasteiger charge is -2.31. The monoisotopic (exact) mass is 548 g/mol. The van der Waals surface area contributed by atoms with Crippen LogP contribution < -0.4 is 20.6 Å². The van der Waals surface area contributed by atoms with E-state index in [4.69, 9.17) is 4.74 Å². The summed E-state index contributed by atoms with van der Waals surface area (Å²) >= 11 is 0. The molecule has 2 atom stereocenters. The number of carbonyl (C=O) groups is 1. The quantitative estimate of drug-likeness (QED) is 0.220. The number of nitrogens with zero attached hydrogens (tertiary/aromatic N) is 4. The van der Waals surface area contributed by atoms with Gasteiger partial charge in [-0.25, -0.2) is 9.66 Å². The topological polar surface area (TPSA) is 104 Å². The molecule has 2 unspecified atom stereocenters. The van der Waals surface area contributed by atoms with Gasteiger partial charge in [-0.2, -0.15) is 18.5 Å². The zero-order valence-electron chi connectivity index (χ0n) is 23.0. The third-order valence-corrected chi connectivity index (χ3v) is 5.91. The lowest BCUT2D eigenvalue weighted by atomic mass is 10.1. The molecule has 1 aromatic rings. The molecule has 12 heteroatoms. The van der Waals surface area contributed by atoms with Crippen molar-refractivity contribution in [2.24, 2.45) is 21.8 Å². The van der Waals surface area contributed by atoms with Crippen LogP contribution in [-0.2, 0) is 15.7 Å². The van der Waals surface area contributed by atoms with Gasteiger partial charge < -0.3 is 10.1 Å². The van der Waals surface area contributed by atoms with E-state index in [0.29, 0.717) is 31.0 Å². The van der Waals surface area contributed by atoms with Crippen LogP contribution >= 0.6 is 0 Å². The van der Waals surface area contributed by atoms with Crippen LogP contribution in [0.2, 0.25) is 0 Å². The normalized spacial score (nSPS) is 20.0. The minimum Gasteiger partial charge on any atom is -0.387 e. The van der Waals surface area contributed by atoms with Gasteiger partial charge in [0.25, 0.3) is 5.96 Å². The fourth-order valence-electron chi connectivity index (χ4n) is 3.92. The summed E-state index contributed by atoms with van der Waals surface area (Å²) in [5.74, 6) is -0.359. The van der Waals surface area contributed by atoms with E-state index >= 15 is 0 Å². The fraction of sp³-hybridized carbons (Fsp3) is 0.519. The van der Waals surface area contributed by atoms with E-state index in [1.54, 1.807) is 26.1 Å². The molecule has 2 heterocycles. The number of dihydropyridines is 1. The smallest absolute Gasteiger partial charge is 0.387 e. The molecule has 2 aliphatic rings. The van der Waals surface area contributed by atoms with Gasteiger partial charge in [-0.15, -0.1) is 0 Å². The summed E-state index contributed by atoms with van der Waals surface area (Å²) in [5.41, 5.74) is 0.493. The van der Waals surface area contributed by atoms with Crippen LogP contribution in [0.25, 0.3) is 0 Å². The summed E-state index contributed by atoms with van der Waals surface area (Å²) in [6, 6.07) is 3.36. The Morgan fingerprint density at radius 3 is 2.49 bits per heavy atom. The van der Waals surface area contributed by atoms with Gasteiger partial charge in [0.05, 0.1) is 30.4 Å². The molecule has 0 bridgehead atoms. The first kappa shape index (κ1) is 30.1. The van der Waals surface area contributed by atoms with Crippen molar-refractivity contribution in [1.82, 2.24) is 20.2 Å². The molecule has 1 fully saturated rings. The predicted octanol–water partition coefficient (Wildman–Crippen LogP) is 2.67. The molecule has 0 saturated carbocycles. The average Bonchev–Trinajstić information content (AvgIpc) is 2.90. The van der Waals surface area contributed by atoms with Gasteiger partial charge in [0.1, 0.15) is 11.7 Å². The number of amidine groups is 1. The van der Waals surface area contributed by atoms with Crippen molar-refractivity contribution in [1.29, 1.82) is 0 Å². The number of hydrogen-bond donors (Lipinski definition) is 3. The summed E-state index contributed by atoms with van der Waals surface area (Å²) in [7, 11) is 1.54. The first-order valence-corrected chi connectivity index (χ1v) is 12.9. The van der Waals surface area contributed by atoms with Crippen molar-refractivity contribution in [2.45, 2.75) is 40.0 Å². The number of ether oxygens (including phenoxy) is 1. The van der Waals surface area contributed by atoms with Gasteiger partial charge in [-0.3, -0.25) is 20.0 Å². The van der Waals surface area contributed by atoms with Crippen LogP contribution in [0.15, 0.2) is 40.3 Å². The molecule has 3 rings (SSSR count). The Bertz CT molecular complexity index is 1160. The number of amides is 1. The second kappa shape index (κ2) is 13.5. The van der Waals surface area contributed by atoms with E-state index in [0.717, 1.165) is 25.2 Å². The summed E-state index contributed by atoms with van der Waals surface area (Å²) in [5, 5.41) is 8.69. The second-order valence-electron chi connectivity index (χ2n) is 9.88. The number of morpholine rings is 1. The summed E-state index contributed by atoms with van der Waals surface area (Å²) in [6.45, 7) is 10.8. The molecular weight excluding hydrogens is 511 g/mol.